The summed E-state index contributed by atoms with van der Waals surface area (Å²) in [5.74, 6) is 0.950. The number of aryl methyl sites for hydroxylation is 1. The van der Waals surface area contributed by atoms with Gasteiger partial charge in [0, 0.05) is 35.2 Å². The lowest BCUT2D eigenvalue weighted by Gasteiger charge is -2.13. The van der Waals surface area contributed by atoms with Gasteiger partial charge in [-0.15, -0.1) is 11.3 Å². The van der Waals surface area contributed by atoms with Crippen LogP contribution in [0.15, 0.2) is 47.8 Å². The van der Waals surface area contributed by atoms with Crippen LogP contribution in [0.1, 0.15) is 21.6 Å². The van der Waals surface area contributed by atoms with Crippen molar-refractivity contribution in [1.82, 2.24) is 5.32 Å². The van der Waals surface area contributed by atoms with Crippen molar-refractivity contribution in [3.05, 3.63) is 80.3 Å². The molecule has 0 aliphatic carbocycles. The van der Waals surface area contributed by atoms with Crippen molar-refractivity contribution in [3.8, 4) is 11.5 Å². The summed E-state index contributed by atoms with van der Waals surface area (Å²) in [4.78, 5) is 1.33. The van der Waals surface area contributed by atoms with Crippen molar-refractivity contribution >= 4 is 22.9 Å². The van der Waals surface area contributed by atoms with Gasteiger partial charge in [-0.2, -0.15) is 0 Å². The van der Waals surface area contributed by atoms with Crippen molar-refractivity contribution in [2.75, 3.05) is 7.11 Å². The van der Waals surface area contributed by atoms with Crippen LogP contribution in [0.4, 0.5) is 4.39 Å². The highest BCUT2D eigenvalue weighted by molar-refractivity contribution is 7.10. The Bertz CT molecular complexity index is 893. The van der Waals surface area contributed by atoms with Crippen LogP contribution in [0.5, 0.6) is 11.5 Å². The van der Waals surface area contributed by atoms with Crippen LogP contribution in [-0.2, 0) is 19.7 Å². The molecule has 6 heteroatoms. The van der Waals surface area contributed by atoms with Gasteiger partial charge in [-0.1, -0.05) is 23.7 Å². The predicted molar refractivity (Wildman–Crippen MR) is 108 cm³/mol. The highest BCUT2D eigenvalue weighted by Crippen LogP contribution is 2.27. The Morgan fingerprint density at radius 3 is 2.70 bits per heavy atom. The van der Waals surface area contributed by atoms with Gasteiger partial charge in [-0.05, 0) is 42.1 Å². The van der Waals surface area contributed by atoms with E-state index in [0.29, 0.717) is 22.9 Å². The Kier molecular flexibility index (Phi) is 6.72. The lowest BCUT2D eigenvalue weighted by molar-refractivity contribution is 0.297. The molecule has 0 aliphatic heterocycles. The predicted octanol–water partition coefficient (Wildman–Crippen LogP) is 5.73. The molecule has 0 unspecified atom stereocenters. The van der Waals surface area contributed by atoms with Gasteiger partial charge in [0.15, 0.2) is 0 Å². The van der Waals surface area contributed by atoms with Crippen LogP contribution in [0, 0.1) is 12.7 Å². The molecule has 3 nitrogen and oxygen atoms in total. The van der Waals surface area contributed by atoms with Crippen molar-refractivity contribution in [3.63, 3.8) is 0 Å². The fourth-order valence-electron chi connectivity index (χ4n) is 2.68. The van der Waals surface area contributed by atoms with E-state index in [2.05, 4.69) is 23.7 Å². The number of halogens is 2. The molecule has 0 saturated heterocycles. The Labute approximate surface area is 167 Å². The molecule has 0 atom stereocenters. The van der Waals surface area contributed by atoms with Crippen LogP contribution in [0.2, 0.25) is 5.02 Å². The molecule has 0 fully saturated rings. The number of thiophene rings is 1. The third-order valence-corrected chi connectivity index (χ3v) is 5.65. The van der Waals surface area contributed by atoms with Gasteiger partial charge in [0.05, 0.1) is 12.1 Å². The van der Waals surface area contributed by atoms with Crippen molar-refractivity contribution in [2.24, 2.45) is 0 Å². The van der Waals surface area contributed by atoms with Gasteiger partial charge in [-0.3, -0.25) is 0 Å². The van der Waals surface area contributed by atoms with Gasteiger partial charge in [0.1, 0.15) is 23.9 Å². The molecule has 1 aromatic heterocycles. The third-order valence-electron chi connectivity index (χ3n) is 4.27. The minimum Gasteiger partial charge on any atom is -0.496 e. The quantitative estimate of drug-likeness (QED) is 0.519. The number of rotatable bonds is 8. The molecule has 0 aliphatic rings. The van der Waals surface area contributed by atoms with Crippen LogP contribution < -0.4 is 14.8 Å². The molecule has 3 rings (SSSR count). The van der Waals surface area contributed by atoms with Crippen molar-refractivity contribution < 1.29 is 13.9 Å². The summed E-state index contributed by atoms with van der Waals surface area (Å²) < 4.78 is 25.0. The first-order valence-corrected chi connectivity index (χ1v) is 9.80. The highest BCUT2D eigenvalue weighted by atomic mass is 35.5. The molecule has 0 radical (unpaired) electrons. The number of benzene rings is 2. The minimum atomic E-state index is -0.376. The topological polar surface area (TPSA) is 30.5 Å². The maximum absolute atomic E-state index is 13.9. The van der Waals surface area contributed by atoms with Gasteiger partial charge in [0.25, 0.3) is 0 Å². The minimum absolute atomic E-state index is 0.0594. The number of methoxy groups -OCH3 is 1. The molecule has 2 aromatic carbocycles. The zero-order valence-corrected chi connectivity index (χ0v) is 16.8. The maximum Gasteiger partial charge on any atom is 0.131 e. The second-order valence-electron chi connectivity index (χ2n) is 6.09. The molecule has 0 spiro atoms. The molecule has 0 bridgehead atoms. The van der Waals surface area contributed by atoms with Gasteiger partial charge in [0.2, 0.25) is 0 Å². The average molecular weight is 406 g/mol. The summed E-state index contributed by atoms with van der Waals surface area (Å²) in [6.07, 6.45) is 0. The zero-order valence-electron chi connectivity index (χ0n) is 15.2. The molecule has 0 saturated carbocycles. The first-order valence-electron chi connectivity index (χ1n) is 8.54. The summed E-state index contributed by atoms with van der Waals surface area (Å²) in [5, 5.41) is 5.89. The molecule has 3 aromatic rings. The van der Waals surface area contributed by atoms with E-state index in [1.807, 2.05) is 18.2 Å². The summed E-state index contributed by atoms with van der Waals surface area (Å²) in [6, 6.07) is 12.3. The lowest BCUT2D eigenvalue weighted by Crippen LogP contribution is -2.13. The van der Waals surface area contributed by atoms with Gasteiger partial charge in [-0.25, -0.2) is 4.39 Å². The fraction of sp³-hybridized carbons (Fsp3) is 0.238. The summed E-state index contributed by atoms with van der Waals surface area (Å²) >= 11 is 7.79. The molecular formula is C21H21ClFNO2S. The first-order chi connectivity index (χ1) is 13.1. The normalized spacial score (nSPS) is 10.8. The van der Waals surface area contributed by atoms with E-state index in [1.54, 1.807) is 30.6 Å². The maximum atomic E-state index is 13.9. The summed E-state index contributed by atoms with van der Waals surface area (Å²) in [6.45, 7) is 3.67. The molecule has 1 heterocycles. The Morgan fingerprint density at radius 2 is 2.00 bits per heavy atom. The van der Waals surface area contributed by atoms with E-state index in [4.69, 9.17) is 21.1 Å². The molecule has 142 valence electrons. The third kappa shape index (κ3) is 5.01. The van der Waals surface area contributed by atoms with E-state index in [9.17, 15) is 4.39 Å². The number of ether oxygens (including phenoxy) is 2. The van der Waals surface area contributed by atoms with E-state index < -0.39 is 0 Å². The largest absolute Gasteiger partial charge is 0.496 e. The van der Waals surface area contributed by atoms with E-state index >= 15 is 0 Å². The SMILES string of the molecule is COc1cc(OCc2c(F)cccc2Cl)ccc1CNCc1sccc1C. The van der Waals surface area contributed by atoms with Crippen molar-refractivity contribution in [1.29, 1.82) is 0 Å². The van der Waals surface area contributed by atoms with Crippen LogP contribution >= 0.6 is 22.9 Å². The molecule has 0 amide bonds. The van der Waals surface area contributed by atoms with E-state index in [-0.39, 0.29) is 12.4 Å². The van der Waals surface area contributed by atoms with Gasteiger partial charge < -0.3 is 14.8 Å². The Morgan fingerprint density at radius 1 is 1.15 bits per heavy atom. The second kappa shape index (κ2) is 9.22. The first kappa shape index (κ1) is 19.7. The van der Waals surface area contributed by atoms with Gasteiger partial charge >= 0.3 is 0 Å². The molecule has 1 N–H and O–H groups in total. The van der Waals surface area contributed by atoms with Crippen LogP contribution in [0.25, 0.3) is 0 Å². The Hall–Kier alpha value is -2.08. The standard InChI is InChI=1S/C21H21ClFNO2S/c1-14-8-9-27-21(14)12-24-11-15-6-7-16(10-20(15)25-2)26-13-17-18(22)4-3-5-19(17)23/h3-10,24H,11-13H2,1-2H3. The average Bonchev–Trinajstić information content (AvgIpc) is 3.07. The van der Waals surface area contributed by atoms with E-state index in [0.717, 1.165) is 17.9 Å². The number of hydrogen-bond donors (Lipinski definition) is 1. The zero-order chi connectivity index (χ0) is 19.2. The highest BCUT2D eigenvalue weighted by Gasteiger charge is 2.10. The summed E-state index contributed by atoms with van der Waals surface area (Å²) in [7, 11) is 1.62. The lowest BCUT2D eigenvalue weighted by atomic mass is 10.2. The molecule has 27 heavy (non-hydrogen) atoms. The van der Waals surface area contributed by atoms with Crippen molar-refractivity contribution in [2.45, 2.75) is 26.6 Å². The number of nitrogens with one attached hydrogen (secondary N) is 1. The monoisotopic (exact) mass is 405 g/mol. The second-order valence-corrected chi connectivity index (χ2v) is 7.50. The van der Waals surface area contributed by atoms with E-state index in [1.165, 1.54) is 16.5 Å². The summed E-state index contributed by atoms with van der Waals surface area (Å²) in [5.41, 5.74) is 2.67. The Balaban J connectivity index is 1.62. The number of hydrogen-bond acceptors (Lipinski definition) is 4. The smallest absolute Gasteiger partial charge is 0.131 e. The molecular weight excluding hydrogens is 385 g/mol. The fourth-order valence-corrected chi connectivity index (χ4v) is 3.78. The van der Waals surface area contributed by atoms with Crippen LogP contribution in [-0.4, -0.2) is 7.11 Å². The van der Waals surface area contributed by atoms with Crippen LogP contribution in [0.3, 0.4) is 0 Å².